The number of benzene rings is 2. The summed E-state index contributed by atoms with van der Waals surface area (Å²) in [6.45, 7) is 4.02. The molecular weight excluding hydrogens is 196 g/mol. The Balaban J connectivity index is 2.44. The zero-order chi connectivity index (χ0) is 11.5. The molecule has 0 saturated carbocycles. The van der Waals surface area contributed by atoms with Crippen molar-refractivity contribution < 1.29 is 5.11 Å². The van der Waals surface area contributed by atoms with Crippen molar-refractivity contribution in [1.29, 1.82) is 0 Å². The second-order valence-electron chi connectivity index (χ2n) is 4.55. The van der Waals surface area contributed by atoms with Crippen molar-refractivity contribution >= 4 is 10.8 Å². The highest BCUT2D eigenvalue weighted by Crippen LogP contribution is 2.28. The van der Waals surface area contributed by atoms with Gasteiger partial charge in [0.05, 0.1) is 6.10 Å². The molecular formula is C15H18O. The van der Waals surface area contributed by atoms with Crippen molar-refractivity contribution in [3.63, 3.8) is 0 Å². The molecule has 1 nitrogen and oxygen atoms in total. The molecule has 2 aromatic carbocycles. The molecule has 2 aromatic rings. The smallest absolute Gasteiger partial charge is 0.0517 e. The van der Waals surface area contributed by atoms with Gasteiger partial charge in [0, 0.05) is 0 Å². The van der Waals surface area contributed by atoms with E-state index in [4.69, 9.17) is 0 Å². The predicted octanol–water partition coefficient (Wildman–Crippen LogP) is 3.71. The molecule has 0 saturated heterocycles. The average molecular weight is 214 g/mol. The van der Waals surface area contributed by atoms with E-state index in [9.17, 15) is 5.11 Å². The van der Waals surface area contributed by atoms with Crippen molar-refractivity contribution in [3.8, 4) is 0 Å². The quantitative estimate of drug-likeness (QED) is 0.825. The maximum atomic E-state index is 9.46. The van der Waals surface area contributed by atoms with E-state index in [-0.39, 0.29) is 6.10 Å². The lowest BCUT2D eigenvalue weighted by molar-refractivity contribution is 0.177. The van der Waals surface area contributed by atoms with E-state index in [0.717, 1.165) is 6.42 Å². The first-order chi connectivity index (χ1) is 7.68. The van der Waals surface area contributed by atoms with Crippen LogP contribution in [0, 0.1) is 0 Å². The molecule has 2 rings (SSSR count). The Bertz CT molecular complexity index is 468. The lowest BCUT2D eigenvalue weighted by Crippen LogP contribution is -2.06. The van der Waals surface area contributed by atoms with E-state index < -0.39 is 0 Å². The third kappa shape index (κ3) is 2.25. The summed E-state index contributed by atoms with van der Waals surface area (Å²) in [6, 6.07) is 14.8. The van der Waals surface area contributed by atoms with Crippen LogP contribution in [0.2, 0.25) is 0 Å². The minimum Gasteiger partial charge on any atom is -0.393 e. The van der Waals surface area contributed by atoms with Crippen molar-refractivity contribution in [1.82, 2.24) is 0 Å². The second kappa shape index (κ2) is 4.67. The third-order valence-corrected chi connectivity index (χ3v) is 3.05. The van der Waals surface area contributed by atoms with Crippen molar-refractivity contribution in [2.45, 2.75) is 32.3 Å². The first-order valence-corrected chi connectivity index (χ1v) is 5.84. The van der Waals surface area contributed by atoms with Crippen LogP contribution in [-0.4, -0.2) is 11.2 Å². The largest absolute Gasteiger partial charge is 0.393 e. The SMILES string of the molecule is CC(O)CC(C)c1cccc2ccccc12. The molecule has 0 heterocycles. The highest BCUT2D eigenvalue weighted by Gasteiger charge is 2.11. The molecule has 84 valence electrons. The summed E-state index contributed by atoms with van der Waals surface area (Å²) in [7, 11) is 0. The van der Waals surface area contributed by atoms with Gasteiger partial charge in [-0.05, 0) is 35.6 Å². The minimum absolute atomic E-state index is 0.242. The Labute approximate surface area is 96.7 Å². The van der Waals surface area contributed by atoms with Crippen LogP contribution < -0.4 is 0 Å². The lowest BCUT2D eigenvalue weighted by Gasteiger charge is -2.16. The third-order valence-electron chi connectivity index (χ3n) is 3.05. The summed E-state index contributed by atoms with van der Waals surface area (Å²) < 4.78 is 0. The van der Waals surface area contributed by atoms with Crippen LogP contribution in [0.15, 0.2) is 42.5 Å². The summed E-state index contributed by atoms with van der Waals surface area (Å²) in [5.41, 5.74) is 1.33. The first kappa shape index (κ1) is 11.2. The predicted molar refractivity (Wildman–Crippen MR) is 68.7 cm³/mol. The van der Waals surface area contributed by atoms with Crippen molar-refractivity contribution in [2.75, 3.05) is 0 Å². The highest BCUT2D eigenvalue weighted by molar-refractivity contribution is 5.86. The molecule has 0 radical (unpaired) electrons. The molecule has 16 heavy (non-hydrogen) atoms. The molecule has 1 heteroatoms. The number of fused-ring (bicyclic) bond motifs is 1. The van der Waals surface area contributed by atoms with Gasteiger partial charge in [-0.15, -0.1) is 0 Å². The van der Waals surface area contributed by atoms with Gasteiger partial charge in [-0.25, -0.2) is 0 Å². The number of rotatable bonds is 3. The van der Waals surface area contributed by atoms with Crippen LogP contribution in [0.1, 0.15) is 31.7 Å². The van der Waals surface area contributed by atoms with Crippen molar-refractivity contribution in [3.05, 3.63) is 48.0 Å². The maximum absolute atomic E-state index is 9.46. The molecule has 0 aliphatic carbocycles. The average Bonchev–Trinajstić information content (AvgIpc) is 2.27. The van der Waals surface area contributed by atoms with E-state index in [1.807, 2.05) is 6.92 Å². The Morgan fingerprint density at radius 2 is 1.69 bits per heavy atom. The van der Waals surface area contributed by atoms with Gasteiger partial charge >= 0.3 is 0 Å². The number of hydrogen-bond donors (Lipinski definition) is 1. The van der Waals surface area contributed by atoms with Gasteiger partial charge < -0.3 is 5.11 Å². The Hall–Kier alpha value is -1.34. The summed E-state index contributed by atoms with van der Waals surface area (Å²) in [6.07, 6.45) is 0.572. The van der Waals surface area contributed by atoms with E-state index in [0.29, 0.717) is 5.92 Å². The fourth-order valence-corrected chi connectivity index (χ4v) is 2.32. The van der Waals surface area contributed by atoms with Gasteiger partial charge in [0.2, 0.25) is 0 Å². The fourth-order valence-electron chi connectivity index (χ4n) is 2.32. The van der Waals surface area contributed by atoms with E-state index in [2.05, 4.69) is 49.4 Å². The van der Waals surface area contributed by atoms with Gasteiger partial charge in [0.15, 0.2) is 0 Å². The van der Waals surface area contributed by atoms with Crippen LogP contribution in [0.25, 0.3) is 10.8 Å². The molecule has 2 atom stereocenters. The molecule has 0 spiro atoms. The summed E-state index contributed by atoms with van der Waals surface area (Å²) in [5.74, 6) is 0.395. The molecule has 0 fully saturated rings. The number of hydrogen-bond acceptors (Lipinski definition) is 1. The zero-order valence-corrected chi connectivity index (χ0v) is 9.85. The zero-order valence-electron chi connectivity index (χ0n) is 9.85. The number of aliphatic hydroxyl groups excluding tert-OH is 1. The normalized spacial score (nSPS) is 14.9. The minimum atomic E-state index is -0.242. The highest BCUT2D eigenvalue weighted by atomic mass is 16.3. The first-order valence-electron chi connectivity index (χ1n) is 5.84. The Morgan fingerprint density at radius 3 is 2.44 bits per heavy atom. The molecule has 2 unspecified atom stereocenters. The van der Waals surface area contributed by atoms with Gasteiger partial charge in [-0.2, -0.15) is 0 Å². The van der Waals surface area contributed by atoms with Gasteiger partial charge in [-0.3, -0.25) is 0 Å². The molecule has 0 amide bonds. The van der Waals surface area contributed by atoms with Crippen LogP contribution >= 0.6 is 0 Å². The summed E-state index contributed by atoms with van der Waals surface area (Å²) in [4.78, 5) is 0. The van der Waals surface area contributed by atoms with Gasteiger partial charge in [-0.1, -0.05) is 49.4 Å². The summed E-state index contributed by atoms with van der Waals surface area (Å²) in [5, 5.41) is 12.0. The Kier molecular flexibility index (Phi) is 3.25. The van der Waals surface area contributed by atoms with Crippen LogP contribution in [-0.2, 0) is 0 Å². The Morgan fingerprint density at radius 1 is 1.00 bits per heavy atom. The molecule has 0 bridgehead atoms. The monoisotopic (exact) mass is 214 g/mol. The van der Waals surface area contributed by atoms with Gasteiger partial charge in [0.1, 0.15) is 0 Å². The molecule has 0 aromatic heterocycles. The van der Waals surface area contributed by atoms with Crippen molar-refractivity contribution in [2.24, 2.45) is 0 Å². The summed E-state index contributed by atoms with van der Waals surface area (Å²) >= 11 is 0. The molecule has 0 aliphatic rings. The van der Waals surface area contributed by atoms with Gasteiger partial charge in [0.25, 0.3) is 0 Å². The molecule has 0 aliphatic heterocycles. The molecule has 1 N–H and O–H groups in total. The number of aliphatic hydroxyl groups is 1. The standard InChI is InChI=1S/C15H18O/c1-11(10-12(2)16)14-9-5-7-13-6-3-4-8-15(13)14/h3-9,11-12,16H,10H2,1-2H3. The van der Waals surface area contributed by atoms with E-state index >= 15 is 0 Å². The van der Waals surface area contributed by atoms with Crippen LogP contribution in [0.5, 0.6) is 0 Å². The topological polar surface area (TPSA) is 20.2 Å². The lowest BCUT2D eigenvalue weighted by atomic mass is 9.91. The fraction of sp³-hybridized carbons (Fsp3) is 0.333. The maximum Gasteiger partial charge on any atom is 0.0517 e. The van der Waals surface area contributed by atoms with E-state index in [1.165, 1.54) is 16.3 Å². The van der Waals surface area contributed by atoms with Crippen LogP contribution in [0.3, 0.4) is 0 Å². The van der Waals surface area contributed by atoms with Crippen LogP contribution in [0.4, 0.5) is 0 Å². The van der Waals surface area contributed by atoms with E-state index in [1.54, 1.807) is 0 Å². The second-order valence-corrected chi connectivity index (χ2v) is 4.55.